The highest BCUT2D eigenvalue weighted by Crippen LogP contribution is 2.25. The van der Waals surface area contributed by atoms with Gasteiger partial charge in [-0.05, 0) is 42.8 Å². The van der Waals surface area contributed by atoms with Gasteiger partial charge in [-0.15, -0.1) is 0 Å². The summed E-state index contributed by atoms with van der Waals surface area (Å²) < 4.78 is 58.0. The number of aromatic amines is 1. The van der Waals surface area contributed by atoms with E-state index in [0.29, 0.717) is 11.3 Å². The summed E-state index contributed by atoms with van der Waals surface area (Å²) in [6.07, 6.45) is -0.470. The Labute approximate surface area is 223 Å². The molecule has 0 fully saturated rings. The van der Waals surface area contributed by atoms with Gasteiger partial charge in [-0.25, -0.2) is 22.0 Å². The fraction of sp³-hybridized carbons (Fsp3) is 0.222. The molecule has 2 N–H and O–H groups in total. The third kappa shape index (κ3) is 6.40. The number of nitrogens with zero attached hydrogens (tertiary/aromatic N) is 1. The van der Waals surface area contributed by atoms with E-state index >= 15 is 0 Å². The molecule has 204 valence electrons. The number of carbonyl (C=O) groups excluding carboxylic acids is 2. The van der Waals surface area contributed by atoms with Gasteiger partial charge in [0.05, 0.1) is 17.0 Å². The van der Waals surface area contributed by atoms with Crippen LogP contribution >= 0.6 is 0 Å². The highest BCUT2D eigenvalue weighted by atomic mass is 32.2. The Balaban J connectivity index is 1.40. The second kappa shape index (κ2) is 11.6. The second-order valence-electron chi connectivity index (χ2n) is 8.79. The van der Waals surface area contributed by atoms with Crippen LogP contribution in [0.3, 0.4) is 0 Å². The molecular formula is C27H25F2N3O6S. The third-order valence-corrected chi connectivity index (χ3v) is 7.60. The molecule has 1 aliphatic rings. The van der Waals surface area contributed by atoms with Crippen molar-refractivity contribution in [2.45, 2.75) is 30.9 Å². The number of rotatable bonds is 7. The number of benzene rings is 2. The first-order chi connectivity index (χ1) is 18.6. The van der Waals surface area contributed by atoms with Gasteiger partial charge in [0.2, 0.25) is 0 Å². The van der Waals surface area contributed by atoms with Gasteiger partial charge in [-0.1, -0.05) is 30.3 Å². The van der Waals surface area contributed by atoms with E-state index in [1.165, 1.54) is 42.2 Å². The SMILES string of the molecule is CC(OC(=O)N1CCc2[nH]c(=O)c(C(=O)NC/C=C/S(=O)(=O)c3ccccc3)cc2C1)c1c(F)cccc1F. The van der Waals surface area contributed by atoms with Crippen LogP contribution in [0.15, 0.2) is 75.8 Å². The van der Waals surface area contributed by atoms with Crippen LogP contribution in [0.2, 0.25) is 0 Å². The molecule has 12 heteroatoms. The van der Waals surface area contributed by atoms with Crippen molar-refractivity contribution in [1.29, 1.82) is 0 Å². The lowest BCUT2D eigenvalue weighted by atomic mass is 10.0. The van der Waals surface area contributed by atoms with Gasteiger partial charge in [-0.2, -0.15) is 0 Å². The molecule has 4 rings (SSSR count). The summed E-state index contributed by atoms with van der Waals surface area (Å²) in [6.45, 7) is 1.38. The number of nitrogens with one attached hydrogen (secondary N) is 2. The average molecular weight is 558 g/mol. The number of sulfone groups is 1. The van der Waals surface area contributed by atoms with E-state index in [9.17, 15) is 31.6 Å². The minimum atomic E-state index is -3.68. The maximum absolute atomic E-state index is 14.0. The molecule has 0 spiro atoms. The van der Waals surface area contributed by atoms with E-state index in [4.69, 9.17) is 4.74 Å². The Bertz CT molecular complexity index is 1570. The van der Waals surface area contributed by atoms with Gasteiger partial charge in [0, 0.05) is 30.6 Å². The van der Waals surface area contributed by atoms with E-state index < -0.39 is 45.1 Å². The van der Waals surface area contributed by atoms with Crippen LogP contribution in [0.1, 0.15) is 40.2 Å². The van der Waals surface area contributed by atoms with E-state index in [1.807, 2.05) is 0 Å². The molecule has 1 atom stereocenters. The van der Waals surface area contributed by atoms with Crippen LogP contribution in [0, 0.1) is 11.6 Å². The van der Waals surface area contributed by atoms with Gasteiger partial charge in [0.25, 0.3) is 11.5 Å². The molecule has 9 nitrogen and oxygen atoms in total. The van der Waals surface area contributed by atoms with Crippen molar-refractivity contribution < 1.29 is 31.5 Å². The minimum Gasteiger partial charge on any atom is -0.441 e. The summed E-state index contributed by atoms with van der Waals surface area (Å²) in [5, 5.41) is 3.44. The fourth-order valence-corrected chi connectivity index (χ4v) is 5.17. The van der Waals surface area contributed by atoms with Gasteiger partial charge in [0.15, 0.2) is 9.84 Å². The van der Waals surface area contributed by atoms with Crippen molar-refractivity contribution in [2.75, 3.05) is 13.1 Å². The minimum absolute atomic E-state index is 0.00702. The lowest BCUT2D eigenvalue weighted by molar-refractivity contribution is 0.0630. The average Bonchev–Trinajstić information content (AvgIpc) is 2.90. The fourth-order valence-electron chi connectivity index (χ4n) is 4.13. The number of halogens is 2. The van der Waals surface area contributed by atoms with E-state index in [-0.39, 0.29) is 42.1 Å². The first-order valence-electron chi connectivity index (χ1n) is 12.0. The Morgan fingerprint density at radius 1 is 1.13 bits per heavy atom. The molecule has 1 aromatic heterocycles. The van der Waals surface area contributed by atoms with Crippen molar-refractivity contribution in [3.05, 3.63) is 110 Å². The highest BCUT2D eigenvalue weighted by Gasteiger charge is 2.27. The molecule has 1 unspecified atom stereocenters. The summed E-state index contributed by atoms with van der Waals surface area (Å²) in [5.74, 6) is -2.40. The van der Waals surface area contributed by atoms with Crippen LogP contribution in [-0.4, -0.2) is 43.4 Å². The molecule has 3 aromatic rings. The predicted octanol–water partition coefficient (Wildman–Crippen LogP) is 3.63. The van der Waals surface area contributed by atoms with Crippen molar-refractivity contribution in [2.24, 2.45) is 0 Å². The van der Waals surface area contributed by atoms with Crippen molar-refractivity contribution in [3.63, 3.8) is 0 Å². The normalized spacial score (nSPS) is 14.1. The summed E-state index contributed by atoms with van der Waals surface area (Å²) in [6, 6.07) is 12.5. The predicted molar refractivity (Wildman–Crippen MR) is 138 cm³/mol. The first kappa shape index (κ1) is 27.7. The second-order valence-corrected chi connectivity index (χ2v) is 10.6. The zero-order chi connectivity index (χ0) is 28.2. The summed E-state index contributed by atoms with van der Waals surface area (Å²) in [7, 11) is -3.68. The Hall–Kier alpha value is -4.32. The lowest BCUT2D eigenvalue weighted by Crippen LogP contribution is -2.39. The topological polar surface area (TPSA) is 126 Å². The molecule has 2 aromatic carbocycles. The molecular weight excluding hydrogens is 532 g/mol. The van der Waals surface area contributed by atoms with Crippen LogP contribution < -0.4 is 10.9 Å². The number of fused-ring (bicyclic) bond motifs is 1. The number of amides is 2. The largest absolute Gasteiger partial charge is 0.441 e. The van der Waals surface area contributed by atoms with E-state index in [0.717, 1.165) is 17.5 Å². The quantitative estimate of drug-likeness (QED) is 0.457. The summed E-state index contributed by atoms with van der Waals surface area (Å²) in [5.41, 5.74) is -0.174. The van der Waals surface area contributed by atoms with E-state index in [2.05, 4.69) is 10.3 Å². The zero-order valence-electron chi connectivity index (χ0n) is 20.8. The number of carbonyl (C=O) groups is 2. The number of hydrogen-bond acceptors (Lipinski definition) is 6. The maximum Gasteiger partial charge on any atom is 0.410 e. The maximum atomic E-state index is 14.0. The number of hydrogen-bond donors (Lipinski definition) is 2. The number of ether oxygens (including phenoxy) is 1. The number of aromatic nitrogens is 1. The first-order valence-corrected chi connectivity index (χ1v) is 13.5. The number of H-pyrrole nitrogens is 1. The standard InChI is InChI=1S/C27H25F2N3O6S/c1-17(24-21(28)9-5-10-22(24)29)38-27(35)32-13-11-23-18(16-32)15-20(26(34)31-23)25(33)30-12-6-14-39(36,37)19-7-3-2-4-8-19/h2-10,14-15,17H,11-13,16H2,1H3,(H,30,33)(H,31,34)/b14-6+. The zero-order valence-corrected chi connectivity index (χ0v) is 21.6. The molecule has 0 aliphatic carbocycles. The monoisotopic (exact) mass is 557 g/mol. The third-order valence-electron chi connectivity index (χ3n) is 6.12. The molecule has 2 amide bonds. The Morgan fingerprint density at radius 2 is 1.82 bits per heavy atom. The number of pyridine rings is 1. The van der Waals surface area contributed by atoms with Crippen LogP contribution in [0.5, 0.6) is 0 Å². The van der Waals surface area contributed by atoms with E-state index in [1.54, 1.807) is 18.2 Å². The Kier molecular flexibility index (Phi) is 8.24. The van der Waals surface area contributed by atoms with Gasteiger partial charge in [-0.3, -0.25) is 9.59 Å². The molecule has 0 bridgehead atoms. The molecule has 2 heterocycles. The molecule has 39 heavy (non-hydrogen) atoms. The van der Waals surface area contributed by atoms with Crippen LogP contribution in [-0.2, 0) is 27.5 Å². The lowest BCUT2D eigenvalue weighted by Gasteiger charge is -2.29. The van der Waals surface area contributed by atoms with Crippen LogP contribution in [0.25, 0.3) is 0 Å². The Morgan fingerprint density at radius 3 is 2.51 bits per heavy atom. The highest BCUT2D eigenvalue weighted by molar-refractivity contribution is 7.94. The molecule has 0 saturated heterocycles. The summed E-state index contributed by atoms with van der Waals surface area (Å²) in [4.78, 5) is 41.9. The smallest absolute Gasteiger partial charge is 0.410 e. The van der Waals surface area contributed by atoms with Crippen molar-refractivity contribution in [3.8, 4) is 0 Å². The van der Waals surface area contributed by atoms with Gasteiger partial charge < -0.3 is 19.9 Å². The van der Waals surface area contributed by atoms with Crippen LogP contribution in [0.4, 0.5) is 13.6 Å². The summed E-state index contributed by atoms with van der Waals surface area (Å²) >= 11 is 0. The van der Waals surface area contributed by atoms with Gasteiger partial charge >= 0.3 is 6.09 Å². The van der Waals surface area contributed by atoms with Crippen molar-refractivity contribution >= 4 is 21.8 Å². The molecule has 0 radical (unpaired) electrons. The molecule has 0 saturated carbocycles. The van der Waals surface area contributed by atoms with Gasteiger partial charge in [0.1, 0.15) is 23.3 Å². The molecule has 1 aliphatic heterocycles. The van der Waals surface area contributed by atoms with Crippen molar-refractivity contribution in [1.82, 2.24) is 15.2 Å².